The highest BCUT2D eigenvalue weighted by Gasteiger charge is 2.45. The van der Waals surface area contributed by atoms with Crippen LogP contribution in [0.3, 0.4) is 0 Å². The van der Waals surface area contributed by atoms with E-state index in [1.807, 2.05) is 6.07 Å². The maximum atomic E-state index is 11.6. The Bertz CT molecular complexity index is 735. The van der Waals surface area contributed by atoms with Crippen molar-refractivity contribution in [1.29, 1.82) is 0 Å². The van der Waals surface area contributed by atoms with Crippen LogP contribution in [-0.4, -0.2) is 18.0 Å². The molecule has 0 radical (unpaired) electrons. The Labute approximate surface area is 129 Å². The zero-order valence-electron chi connectivity index (χ0n) is 12.3. The molecule has 0 spiro atoms. The van der Waals surface area contributed by atoms with E-state index in [4.69, 9.17) is 0 Å². The van der Waals surface area contributed by atoms with E-state index >= 15 is 0 Å². The fraction of sp³-hybridized carbons (Fsp3) is 0.444. The Morgan fingerprint density at radius 3 is 2.45 bits per heavy atom. The summed E-state index contributed by atoms with van der Waals surface area (Å²) in [6.45, 7) is 2.09. The number of fused-ring (bicyclic) bond motifs is 4. The molecule has 5 rings (SSSR count). The van der Waals surface area contributed by atoms with Gasteiger partial charge >= 0.3 is 0 Å². The summed E-state index contributed by atoms with van der Waals surface area (Å²) in [5, 5.41) is 11.6. The monoisotopic (exact) mass is 294 g/mol. The Balaban J connectivity index is 1.78. The molecule has 0 saturated carbocycles. The number of allylic oxidation sites excluding steroid dienone is 4. The minimum Gasteiger partial charge on any atom is -0.370 e. The lowest BCUT2D eigenvalue weighted by Gasteiger charge is -2.45. The molecule has 0 saturated heterocycles. The number of anilines is 1. The second kappa shape index (κ2) is 4.22. The van der Waals surface area contributed by atoms with Gasteiger partial charge in [-0.2, -0.15) is 0 Å². The molecule has 2 aliphatic carbocycles. The number of nitrogens with zero attached hydrogens (tertiary/aromatic N) is 2. The first-order chi connectivity index (χ1) is 10.7. The first-order valence-corrected chi connectivity index (χ1v) is 8.13. The lowest BCUT2D eigenvalue weighted by atomic mass is 9.74. The van der Waals surface area contributed by atoms with Crippen molar-refractivity contribution < 1.29 is 4.92 Å². The van der Waals surface area contributed by atoms with Gasteiger partial charge in [-0.3, -0.25) is 10.1 Å². The third-order valence-electron chi connectivity index (χ3n) is 5.92. The molecule has 2 aliphatic heterocycles. The molecule has 4 aliphatic rings. The van der Waals surface area contributed by atoms with Gasteiger partial charge in [0.2, 0.25) is 0 Å². The van der Waals surface area contributed by atoms with E-state index in [0.717, 1.165) is 31.5 Å². The highest BCUT2D eigenvalue weighted by atomic mass is 16.6. The van der Waals surface area contributed by atoms with Crippen LogP contribution in [0, 0.1) is 22.0 Å². The van der Waals surface area contributed by atoms with Crippen molar-refractivity contribution in [2.75, 3.05) is 18.0 Å². The molecule has 4 heteroatoms. The lowest BCUT2D eigenvalue weighted by Crippen LogP contribution is -2.43. The molecule has 0 N–H and O–H groups in total. The smallest absolute Gasteiger partial charge is 0.275 e. The number of rotatable bonds is 1. The van der Waals surface area contributed by atoms with Gasteiger partial charge in [-0.15, -0.1) is 0 Å². The molecule has 2 heterocycles. The van der Waals surface area contributed by atoms with Crippen LogP contribution < -0.4 is 4.90 Å². The number of hydrogen-bond donors (Lipinski definition) is 0. The largest absolute Gasteiger partial charge is 0.370 e. The quantitative estimate of drug-likeness (QED) is 0.450. The second-order valence-electron chi connectivity index (χ2n) is 7.00. The molecule has 4 atom stereocenters. The van der Waals surface area contributed by atoms with Crippen LogP contribution in [0.15, 0.2) is 36.4 Å². The van der Waals surface area contributed by atoms with Crippen molar-refractivity contribution in [2.24, 2.45) is 11.8 Å². The first kappa shape index (κ1) is 12.4. The number of benzene rings is 1. The Hall–Kier alpha value is -2.10. The van der Waals surface area contributed by atoms with E-state index in [1.165, 1.54) is 11.3 Å². The lowest BCUT2D eigenvalue weighted by molar-refractivity contribution is -0.385. The Morgan fingerprint density at radius 1 is 1.05 bits per heavy atom. The van der Waals surface area contributed by atoms with Crippen molar-refractivity contribution in [3.8, 4) is 0 Å². The third-order valence-corrected chi connectivity index (χ3v) is 5.92. The van der Waals surface area contributed by atoms with Crippen molar-refractivity contribution >= 4 is 11.4 Å². The molecule has 1 aromatic carbocycles. The SMILES string of the molecule is O=[N+]([O-])c1ccc2c3c1[C@H]1C=CC[C@@H]1CN3C[C@@H]1CC=C[C@@H]21. The maximum Gasteiger partial charge on any atom is 0.275 e. The molecule has 0 fully saturated rings. The molecule has 1 aromatic rings. The van der Waals surface area contributed by atoms with Crippen LogP contribution in [0.2, 0.25) is 0 Å². The Morgan fingerprint density at radius 2 is 1.73 bits per heavy atom. The average molecular weight is 294 g/mol. The minimum atomic E-state index is -0.196. The molecule has 0 aromatic heterocycles. The van der Waals surface area contributed by atoms with Crippen molar-refractivity contribution in [3.05, 3.63) is 57.7 Å². The van der Waals surface area contributed by atoms with Crippen LogP contribution in [0.5, 0.6) is 0 Å². The predicted octanol–water partition coefficient (Wildman–Crippen LogP) is 3.75. The summed E-state index contributed by atoms with van der Waals surface area (Å²) in [7, 11) is 0. The summed E-state index contributed by atoms with van der Waals surface area (Å²) in [4.78, 5) is 13.8. The fourth-order valence-corrected chi connectivity index (χ4v) is 5.02. The molecular formula is C18H18N2O2. The van der Waals surface area contributed by atoms with Crippen LogP contribution in [-0.2, 0) is 0 Å². The van der Waals surface area contributed by atoms with Gasteiger partial charge in [0, 0.05) is 31.0 Å². The molecule has 112 valence electrons. The summed E-state index contributed by atoms with van der Waals surface area (Å²) in [6, 6.07) is 3.75. The molecule has 22 heavy (non-hydrogen) atoms. The van der Waals surface area contributed by atoms with Crippen molar-refractivity contribution in [2.45, 2.75) is 24.7 Å². The summed E-state index contributed by atoms with van der Waals surface area (Å²) < 4.78 is 0. The fourth-order valence-electron chi connectivity index (χ4n) is 5.02. The van der Waals surface area contributed by atoms with Crippen molar-refractivity contribution in [3.63, 3.8) is 0 Å². The predicted molar refractivity (Wildman–Crippen MR) is 85.3 cm³/mol. The van der Waals surface area contributed by atoms with Gasteiger partial charge in [-0.25, -0.2) is 0 Å². The van der Waals surface area contributed by atoms with Crippen LogP contribution in [0.1, 0.15) is 35.8 Å². The zero-order valence-corrected chi connectivity index (χ0v) is 12.3. The van der Waals surface area contributed by atoms with E-state index in [2.05, 4.69) is 29.2 Å². The van der Waals surface area contributed by atoms with Gasteiger partial charge in [0.25, 0.3) is 5.69 Å². The summed E-state index contributed by atoms with van der Waals surface area (Å²) in [5.41, 5.74) is 3.77. The highest BCUT2D eigenvalue weighted by molar-refractivity contribution is 5.73. The summed E-state index contributed by atoms with van der Waals surface area (Å²) in [6.07, 6.45) is 11.2. The van der Waals surface area contributed by atoms with Gasteiger partial charge in [0.05, 0.1) is 16.2 Å². The van der Waals surface area contributed by atoms with Gasteiger partial charge < -0.3 is 4.90 Å². The third kappa shape index (κ3) is 1.47. The topological polar surface area (TPSA) is 46.4 Å². The molecule has 4 nitrogen and oxygen atoms in total. The Kier molecular flexibility index (Phi) is 2.38. The second-order valence-corrected chi connectivity index (χ2v) is 7.00. The number of nitro benzene ring substituents is 1. The number of hydrogen-bond acceptors (Lipinski definition) is 3. The zero-order chi connectivity index (χ0) is 14.8. The molecular weight excluding hydrogens is 276 g/mol. The minimum absolute atomic E-state index is 0.196. The van der Waals surface area contributed by atoms with E-state index in [-0.39, 0.29) is 10.8 Å². The van der Waals surface area contributed by atoms with E-state index < -0.39 is 0 Å². The highest BCUT2D eigenvalue weighted by Crippen LogP contribution is 2.55. The number of nitro groups is 1. The van der Waals surface area contributed by atoms with Crippen LogP contribution in [0.25, 0.3) is 0 Å². The average Bonchev–Trinajstić information content (AvgIpc) is 3.15. The molecule has 0 amide bonds. The van der Waals surface area contributed by atoms with Gasteiger partial charge in [0.15, 0.2) is 0 Å². The van der Waals surface area contributed by atoms with E-state index in [0.29, 0.717) is 23.4 Å². The summed E-state index contributed by atoms with van der Waals surface area (Å²) in [5.74, 6) is 1.83. The summed E-state index contributed by atoms with van der Waals surface area (Å²) >= 11 is 0. The van der Waals surface area contributed by atoms with Crippen LogP contribution >= 0.6 is 0 Å². The molecule has 0 bridgehead atoms. The van der Waals surface area contributed by atoms with Gasteiger partial charge in [-0.05, 0) is 36.3 Å². The van der Waals surface area contributed by atoms with Crippen LogP contribution in [0.4, 0.5) is 11.4 Å². The maximum absolute atomic E-state index is 11.6. The normalized spacial score (nSPS) is 33.5. The first-order valence-electron chi connectivity index (χ1n) is 8.13. The van der Waals surface area contributed by atoms with Crippen molar-refractivity contribution in [1.82, 2.24) is 0 Å². The van der Waals surface area contributed by atoms with E-state index in [9.17, 15) is 10.1 Å². The standard InChI is InChI=1S/C18H18N2O2/c21-20(22)16-8-7-15-13-5-1-3-11(13)9-19-10-12-4-2-6-14(12)17(16)18(15)19/h1-2,5-8,11-14H,3-4,9-10H2/t11-,12+,13+,14-/m0/s1. The van der Waals surface area contributed by atoms with E-state index in [1.54, 1.807) is 6.07 Å². The molecule has 0 unspecified atom stereocenters. The van der Waals surface area contributed by atoms with Gasteiger partial charge in [0.1, 0.15) is 0 Å². The van der Waals surface area contributed by atoms with Gasteiger partial charge in [-0.1, -0.05) is 24.3 Å².